The summed E-state index contributed by atoms with van der Waals surface area (Å²) in [6, 6.07) is 7.21. The van der Waals surface area contributed by atoms with Crippen molar-refractivity contribution in [1.82, 2.24) is 9.97 Å². The molecule has 28 heavy (non-hydrogen) atoms. The molecule has 6 nitrogen and oxygen atoms in total. The topological polar surface area (TPSA) is 98.9 Å². The molecule has 0 unspecified atom stereocenters. The lowest BCUT2D eigenvalue weighted by molar-refractivity contribution is -0.112. The van der Waals surface area contributed by atoms with Crippen molar-refractivity contribution in [3.63, 3.8) is 0 Å². The maximum absolute atomic E-state index is 13.8. The first kappa shape index (κ1) is 19.8. The predicted molar refractivity (Wildman–Crippen MR) is 106 cm³/mol. The number of pyridine rings is 1. The van der Waals surface area contributed by atoms with Crippen LogP contribution in [0.3, 0.4) is 0 Å². The number of hydrogen-bond acceptors (Lipinski definition) is 6. The van der Waals surface area contributed by atoms with E-state index in [0.29, 0.717) is 5.56 Å². The first-order chi connectivity index (χ1) is 13.4. The zero-order valence-electron chi connectivity index (χ0n) is 13.8. The van der Waals surface area contributed by atoms with E-state index >= 15 is 0 Å². The molecule has 0 aliphatic carbocycles. The first-order valence-corrected chi connectivity index (χ1v) is 9.20. The fraction of sp³-hybridized carbons (Fsp3) is 0. The van der Waals surface area contributed by atoms with E-state index in [1.54, 1.807) is 6.07 Å². The summed E-state index contributed by atoms with van der Waals surface area (Å²) in [6.45, 7) is 0. The highest BCUT2D eigenvalue weighted by Gasteiger charge is 2.15. The Morgan fingerprint density at radius 1 is 1.36 bits per heavy atom. The Morgan fingerprint density at radius 2 is 2.07 bits per heavy atom. The number of nitriles is 1. The highest BCUT2D eigenvalue weighted by Crippen LogP contribution is 2.33. The molecule has 0 fully saturated rings. The minimum absolute atomic E-state index is 0.0154. The summed E-state index contributed by atoms with van der Waals surface area (Å²) in [5.74, 6) is -1.55. The van der Waals surface area contributed by atoms with Gasteiger partial charge in [-0.3, -0.25) is 15.1 Å². The number of thiazole rings is 1. The Kier molecular flexibility index (Phi) is 5.90. The molecule has 3 aromatic rings. The minimum atomic E-state index is -0.717. The van der Waals surface area contributed by atoms with Crippen LogP contribution in [0.2, 0.25) is 10.0 Å². The van der Waals surface area contributed by atoms with Gasteiger partial charge in [-0.25, -0.2) is 9.37 Å². The highest BCUT2D eigenvalue weighted by molar-refractivity contribution is 7.14. The zero-order valence-corrected chi connectivity index (χ0v) is 16.1. The van der Waals surface area contributed by atoms with Gasteiger partial charge in [0.25, 0.3) is 5.91 Å². The number of aromatic hydroxyl groups is 1. The standard InChI is InChI=1S/C18H9Cl2FN4O2S/c19-11-5-9(6-12(20)16(11)26)4-10(7-22)17(27)25-18-24-14(8-28-18)15-13(21)2-1-3-23-15/h1-6,8,26H,(H,24,25,27)/b10-4+. The van der Waals surface area contributed by atoms with Crippen molar-refractivity contribution < 1.29 is 14.3 Å². The van der Waals surface area contributed by atoms with E-state index in [1.807, 2.05) is 0 Å². The van der Waals surface area contributed by atoms with Gasteiger partial charge in [-0.1, -0.05) is 23.2 Å². The third-order valence-electron chi connectivity index (χ3n) is 3.44. The Morgan fingerprint density at radius 3 is 2.71 bits per heavy atom. The monoisotopic (exact) mass is 434 g/mol. The lowest BCUT2D eigenvalue weighted by Gasteiger charge is -2.03. The molecule has 2 aromatic heterocycles. The number of nitrogens with zero attached hydrogens (tertiary/aromatic N) is 3. The molecule has 10 heteroatoms. The molecule has 0 saturated carbocycles. The molecule has 2 heterocycles. The van der Waals surface area contributed by atoms with Crippen LogP contribution in [-0.2, 0) is 4.79 Å². The van der Waals surface area contributed by atoms with Crippen LogP contribution in [0.15, 0.2) is 41.4 Å². The number of halogens is 3. The number of nitrogens with one attached hydrogen (secondary N) is 1. The maximum Gasteiger partial charge on any atom is 0.268 e. The van der Waals surface area contributed by atoms with Gasteiger partial charge >= 0.3 is 0 Å². The smallest absolute Gasteiger partial charge is 0.268 e. The van der Waals surface area contributed by atoms with Crippen molar-refractivity contribution in [3.05, 3.63) is 62.8 Å². The molecule has 0 atom stereocenters. The van der Waals surface area contributed by atoms with Gasteiger partial charge < -0.3 is 5.11 Å². The van der Waals surface area contributed by atoms with Crippen molar-refractivity contribution in [2.24, 2.45) is 0 Å². The van der Waals surface area contributed by atoms with Crippen molar-refractivity contribution in [2.75, 3.05) is 5.32 Å². The van der Waals surface area contributed by atoms with Gasteiger partial charge in [-0.15, -0.1) is 11.3 Å². The minimum Gasteiger partial charge on any atom is -0.505 e. The number of benzene rings is 1. The summed E-state index contributed by atoms with van der Waals surface area (Å²) in [7, 11) is 0. The molecule has 0 saturated heterocycles. The third-order valence-corrected chi connectivity index (χ3v) is 4.77. The molecule has 0 aliphatic rings. The summed E-state index contributed by atoms with van der Waals surface area (Å²) in [6.07, 6.45) is 2.69. The van der Waals surface area contributed by atoms with Gasteiger partial charge in [0, 0.05) is 11.6 Å². The van der Waals surface area contributed by atoms with Crippen LogP contribution >= 0.6 is 34.5 Å². The molecule has 3 rings (SSSR count). The second kappa shape index (κ2) is 8.35. The van der Waals surface area contributed by atoms with E-state index < -0.39 is 11.7 Å². The number of anilines is 1. The van der Waals surface area contributed by atoms with E-state index in [0.717, 1.165) is 11.3 Å². The highest BCUT2D eigenvalue weighted by atomic mass is 35.5. The molecule has 0 radical (unpaired) electrons. The molecule has 0 spiro atoms. The Hall–Kier alpha value is -2.99. The molecule has 0 aliphatic heterocycles. The summed E-state index contributed by atoms with van der Waals surface area (Å²) >= 11 is 12.7. The second-order valence-corrected chi connectivity index (χ2v) is 7.00. The largest absolute Gasteiger partial charge is 0.505 e. The quantitative estimate of drug-likeness (QED) is 0.449. The average molecular weight is 435 g/mol. The number of carbonyl (C=O) groups excluding carboxylic acids is 1. The van der Waals surface area contributed by atoms with Crippen LogP contribution in [0, 0.1) is 17.1 Å². The number of phenols is 1. The Labute approximate surface area is 172 Å². The molecule has 140 valence electrons. The van der Waals surface area contributed by atoms with Gasteiger partial charge in [0.2, 0.25) is 0 Å². The first-order valence-electron chi connectivity index (χ1n) is 7.56. The summed E-state index contributed by atoms with van der Waals surface area (Å²) in [5.41, 5.74) is 0.440. The van der Waals surface area contributed by atoms with Crippen molar-refractivity contribution in [1.29, 1.82) is 5.26 Å². The lowest BCUT2D eigenvalue weighted by Crippen LogP contribution is -2.13. The van der Waals surface area contributed by atoms with Crippen LogP contribution in [0.4, 0.5) is 9.52 Å². The number of amides is 1. The van der Waals surface area contributed by atoms with Crippen LogP contribution in [0.5, 0.6) is 5.75 Å². The Bertz CT molecular complexity index is 1120. The third kappa shape index (κ3) is 4.28. The van der Waals surface area contributed by atoms with E-state index in [2.05, 4.69) is 15.3 Å². The number of phenolic OH excluding ortho intramolecular Hbond substituents is 1. The van der Waals surface area contributed by atoms with Crippen LogP contribution in [0.1, 0.15) is 5.56 Å². The predicted octanol–water partition coefficient (Wildman–Crippen LogP) is 4.90. The zero-order chi connectivity index (χ0) is 20.3. The summed E-state index contributed by atoms with van der Waals surface area (Å²) in [5, 5.41) is 23.0. The molecule has 1 amide bonds. The van der Waals surface area contributed by atoms with Crippen molar-refractivity contribution >= 4 is 51.7 Å². The molecular formula is C18H9Cl2FN4O2S. The molecule has 1 aromatic carbocycles. The summed E-state index contributed by atoms with van der Waals surface area (Å²) in [4.78, 5) is 20.4. The fourth-order valence-corrected chi connectivity index (χ4v) is 3.36. The SMILES string of the molecule is N#C/C(=C\c1cc(Cl)c(O)c(Cl)c1)C(=O)Nc1nc(-c2ncccc2F)cs1. The van der Waals surface area contributed by atoms with E-state index in [4.69, 9.17) is 23.2 Å². The number of carbonyl (C=O) groups is 1. The summed E-state index contributed by atoms with van der Waals surface area (Å²) < 4.78 is 13.8. The number of hydrogen-bond donors (Lipinski definition) is 2. The van der Waals surface area contributed by atoms with Crippen molar-refractivity contribution in [2.45, 2.75) is 0 Å². The number of rotatable bonds is 4. The van der Waals surface area contributed by atoms with Crippen LogP contribution in [0.25, 0.3) is 17.5 Å². The average Bonchev–Trinajstić information content (AvgIpc) is 3.12. The van der Waals surface area contributed by atoms with E-state index in [-0.39, 0.29) is 37.9 Å². The van der Waals surface area contributed by atoms with E-state index in [1.165, 1.54) is 41.9 Å². The fourth-order valence-electron chi connectivity index (χ4n) is 2.16. The molecule has 2 N–H and O–H groups in total. The Balaban J connectivity index is 1.82. The van der Waals surface area contributed by atoms with Gasteiger partial charge in [-0.05, 0) is 35.9 Å². The van der Waals surface area contributed by atoms with Crippen molar-refractivity contribution in [3.8, 4) is 23.2 Å². The molecule has 0 bridgehead atoms. The lowest BCUT2D eigenvalue weighted by atomic mass is 10.1. The maximum atomic E-state index is 13.8. The van der Waals surface area contributed by atoms with Crippen LogP contribution in [-0.4, -0.2) is 21.0 Å². The molecular weight excluding hydrogens is 426 g/mol. The van der Waals surface area contributed by atoms with Gasteiger partial charge in [-0.2, -0.15) is 5.26 Å². The second-order valence-electron chi connectivity index (χ2n) is 5.33. The van der Waals surface area contributed by atoms with Gasteiger partial charge in [0.1, 0.15) is 23.0 Å². The van der Waals surface area contributed by atoms with Gasteiger partial charge in [0.05, 0.1) is 10.0 Å². The normalized spacial score (nSPS) is 11.1. The van der Waals surface area contributed by atoms with Gasteiger partial charge in [0.15, 0.2) is 16.7 Å². The van der Waals surface area contributed by atoms with E-state index in [9.17, 15) is 19.6 Å². The number of aromatic nitrogens is 2. The van der Waals surface area contributed by atoms with Crippen LogP contribution < -0.4 is 5.32 Å².